The summed E-state index contributed by atoms with van der Waals surface area (Å²) < 4.78 is 12.3. The number of hydrogen-bond donors (Lipinski definition) is 2. The summed E-state index contributed by atoms with van der Waals surface area (Å²) in [5.41, 5.74) is 5.05. The Kier molecular flexibility index (Phi) is 4.87. The summed E-state index contributed by atoms with van der Waals surface area (Å²) in [7, 11) is 3.94. The molecule has 0 spiro atoms. The first-order valence-corrected chi connectivity index (χ1v) is 11.1. The van der Waals surface area contributed by atoms with Crippen LogP contribution in [-0.2, 0) is 12.8 Å². The molecule has 33 heavy (non-hydrogen) atoms. The van der Waals surface area contributed by atoms with E-state index in [0.29, 0.717) is 47.4 Å². The SMILES string of the molecule is C=C1Cc2cc(-c3coc4c5c(c(CCN(C)C)c(O)c4c3=O)OC(C)(C)C=C5)ccc2N1. The Morgan fingerprint density at radius 3 is 2.82 bits per heavy atom. The molecule has 0 saturated carbocycles. The van der Waals surface area contributed by atoms with E-state index >= 15 is 0 Å². The lowest BCUT2D eigenvalue weighted by Gasteiger charge is -2.30. The van der Waals surface area contributed by atoms with Crippen LogP contribution in [0.25, 0.3) is 28.2 Å². The molecular weight excluding hydrogens is 416 g/mol. The van der Waals surface area contributed by atoms with Crippen LogP contribution in [-0.4, -0.2) is 36.2 Å². The lowest BCUT2D eigenvalue weighted by atomic mass is 9.93. The molecule has 1 aromatic heterocycles. The maximum atomic E-state index is 13.7. The first kappa shape index (κ1) is 21.3. The third-order valence-corrected chi connectivity index (χ3v) is 6.24. The van der Waals surface area contributed by atoms with E-state index in [0.717, 1.165) is 22.5 Å². The van der Waals surface area contributed by atoms with Crippen LogP contribution < -0.4 is 15.5 Å². The van der Waals surface area contributed by atoms with Gasteiger partial charge in [-0.15, -0.1) is 0 Å². The third kappa shape index (κ3) is 3.60. The predicted octanol–water partition coefficient (Wildman–Crippen LogP) is 4.94. The lowest BCUT2D eigenvalue weighted by Crippen LogP contribution is -2.29. The van der Waals surface area contributed by atoms with E-state index < -0.39 is 5.60 Å². The maximum absolute atomic E-state index is 13.7. The highest BCUT2D eigenvalue weighted by Crippen LogP contribution is 2.44. The van der Waals surface area contributed by atoms with Gasteiger partial charge in [0.1, 0.15) is 28.7 Å². The Hall–Kier alpha value is -3.51. The summed E-state index contributed by atoms with van der Waals surface area (Å²) >= 11 is 0. The van der Waals surface area contributed by atoms with Crippen molar-refractivity contribution in [1.29, 1.82) is 0 Å². The van der Waals surface area contributed by atoms with Gasteiger partial charge in [-0.25, -0.2) is 0 Å². The zero-order valence-electron chi connectivity index (χ0n) is 19.4. The molecule has 0 aliphatic carbocycles. The van der Waals surface area contributed by atoms with Crippen molar-refractivity contribution in [2.24, 2.45) is 0 Å². The molecule has 0 radical (unpaired) electrons. The number of likely N-dealkylation sites (N-methyl/N-ethyl adjacent to an activating group) is 1. The van der Waals surface area contributed by atoms with Crippen molar-refractivity contribution in [3.05, 3.63) is 69.7 Å². The molecule has 6 nitrogen and oxygen atoms in total. The number of nitrogens with zero attached hydrogens (tertiary/aromatic N) is 1. The molecular formula is C27H28N2O4. The monoisotopic (exact) mass is 444 g/mol. The molecule has 3 aromatic rings. The first-order valence-electron chi connectivity index (χ1n) is 11.1. The zero-order chi connectivity index (χ0) is 23.5. The lowest BCUT2D eigenvalue weighted by molar-refractivity contribution is 0.156. The normalized spacial score (nSPS) is 16.0. The minimum Gasteiger partial charge on any atom is -0.507 e. The number of rotatable bonds is 4. The van der Waals surface area contributed by atoms with Gasteiger partial charge in [0.15, 0.2) is 5.58 Å². The number of phenols is 1. The van der Waals surface area contributed by atoms with E-state index in [-0.39, 0.29) is 16.6 Å². The Bertz CT molecular complexity index is 1400. The van der Waals surface area contributed by atoms with Crippen LogP contribution in [0.3, 0.4) is 0 Å². The van der Waals surface area contributed by atoms with Crippen LogP contribution in [0.2, 0.25) is 0 Å². The first-order chi connectivity index (χ1) is 15.6. The number of hydrogen-bond acceptors (Lipinski definition) is 6. The second-order valence-electron chi connectivity index (χ2n) is 9.62. The van der Waals surface area contributed by atoms with Crippen molar-refractivity contribution in [3.8, 4) is 22.6 Å². The van der Waals surface area contributed by atoms with Gasteiger partial charge >= 0.3 is 0 Å². The van der Waals surface area contributed by atoms with Gasteiger partial charge in [-0.1, -0.05) is 12.6 Å². The number of fused-ring (bicyclic) bond motifs is 4. The van der Waals surface area contributed by atoms with Crippen molar-refractivity contribution in [3.63, 3.8) is 0 Å². The molecule has 170 valence electrons. The van der Waals surface area contributed by atoms with Crippen LogP contribution in [0, 0.1) is 0 Å². The second kappa shape index (κ2) is 7.52. The highest BCUT2D eigenvalue weighted by Gasteiger charge is 2.30. The fourth-order valence-electron chi connectivity index (χ4n) is 4.51. The number of benzene rings is 2. The number of aromatic hydroxyl groups is 1. The summed E-state index contributed by atoms with van der Waals surface area (Å²) in [6.07, 6.45) is 6.60. The summed E-state index contributed by atoms with van der Waals surface area (Å²) in [5, 5.41) is 14.8. The minimum absolute atomic E-state index is 0.0662. The molecule has 0 atom stereocenters. The Morgan fingerprint density at radius 2 is 2.06 bits per heavy atom. The molecule has 2 N–H and O–H groups in total. The molecule has 0 unspecified atom stereocenters. The van der Waals surface area contributed by atoms with Gasteiger partial charge in [0.05, 0.1) is 11.1 Å². The van der Waals surface area contributed by atoms with E-state index in [1.807, 2.05) is 63.2 Å². The van der Waals surface area contributed by atoms with Crippen LogP contribution in [0.1, 0.15) is 30.5 Å². The molecule has 6 heteroatoms. The van der Waals surface area contributed by atoms with Gasteiger partial charge in [0.25, 0.3) is 0 Å². The van der Waals surface area contributed by atoms with Gasteiger partial charge < -0.3 is 24.5 Å². The molecule has 0 fully saturated rings. The van der Waals surface area contributed by atoms with E-state index in [9.17, 15) is 9.90 Å². The average Bonchev–Trinajstić information content (AvgIpc) is 3.11. The molecule has 2 aliphatic rings. The topological polar surface area (TPSA) is 74.9 Å². The number of phenolic OH excluding ortho intramolecular Hbond substituents is 1. The van der Waals surface area contributed by atoms with E-state index in [1.54, 1.807) is 0 Å². The predicted molar refractivity (Wildman–Crippen MR) is 132 cm³/mol. The molecule has 2 aromatic carbocycles. The number of anilines is 1. The summed E-state index contributed by atoms with van der Waals surface area (Å²) in [6, 6.07) is 5.81. The molecule has 0 amide bonds. The zero-order valence-corrected chi connectivity index (χ0v) is 19.4. The Morgan fingerprint density at radius 1 is 1.27 bits per heavy atom. The molecule has 5 rings (SSSR count). The van der Waals surface area contributed by atoms with Crippen molar-refractivity contribution in [2.75, 3.05) is 26.0 Å². The fourth-order valence-corrected chi connectivity index (χ4v) is 4.51. The van der Waals surface area contributed by atoms with Crippen molar-refractivity contribution in [2.45, 2.75) is 32.3 Å². The maximum Gasteiger partial charge on any atom is 0.204 e. The van der Waals surface area contributed by atoms with Gasteiger partial charge in [0.2, 0.25) is 5.43 Å². The average molecular weight is 445 g/mol. The molecule has 3 heterocycles. The molecule has 0 saturated heterocycles. The van der Waals surface area contributed by atoms with E-state index in [1.165, 1.54) is 6.26 Å². The quantitative estimate of drug-likeness (QED) is 0.594. The van der Waals surface area contributed by atoms with Gasteiger partial charge in [-0.3, -0.25) is 4.79 Å². The molecule has 0 bridgehead atoms. The van der Waals surface area contributed by atoms with Gasteiger partial charge in [-0.2, -0.15) is 0 Å². The Labute approximate surface area is 192 Å². The van der Waals surface area contributed by atoms with Crippen LogP contribution in [0.5, 0.6) is 11.5 Å². The highest BCUT2D eigenvalue weighted by atomic mass is 16.5. The van der Waals surface area contributed by atoms with Crippen LogP contribution >= 0.6 is 0 Å². The largest absolute Gasteiger partial charge is 0.507 e. The van der Waals surface area contributed by atoms with E-state index in [4.69, 9.17) is 9.15 Å². The van der Waals surface area contributed by atoms with Crippen LogP contribution in [0.15, 0.2) is 52.0 Å². The second-order valence-corrected chi connectivity index (χ2v) is 9.62. The van der Waals surface area contributed by atoms with Crippen molar-refractivity contribution < 1.29 is 14.3 Å². The number of ether oxygens (including phenoxy) is 1. The number of allylic oxidation sites excluding steroid dienone is 1. The third-order valence-electron chi connectivity index (χ3n) is 6.24. The smallest absolute Gasteiger partial charge is 0.204 e. The fraction of sp³-hybridized carbons (Fsp3) is 0.296. The van der Waals surface area contributed by atoms with Crippen LogP contribution in [0.4, 0.5) is 5.69 Å². The number of nitrogens with one attached hydrogen (secondary N) is 1. The van der Waals surface area contributed by atoms with Crippen molar-refractivity contribution >= 4 is 22.7 Å². The van der Waals surface area contributed by atoms with Gasteiger partial charge in [0, 0.05) is 29.9 Å². The van der Waals surface area contributed by atoms with Crippen molar-refractivity contribution in [1.82, 2.24) is 4.90 Å². The standard InChI is InChI=1S/C27H28N2O4/c1-15-12-17-13-16(6-7-21(17)28-15)20-14-32-26-19-8-10-27(2,3)33-25(19)18(9-11-29(4)5)23(30)22(26)24(20)31/h6-8,10,13-14,28,30H,1,9,11-12H2,2-5H3. The van der Waals surface area contributed by atoms with Gasteiger partial charge in [-0.05, 0) is 69.8 Å². The highest BCUT2D eigenvalue weighted by molar-refractivity contribution is 5.97. The Balaban J connectivity index is 1.73. The molecule has 2 aliphatic heterocycles. The van der Waals surface area contributed by atoms with E-state index in [2.05, 4.69) is 11.9 Å². The summed E-state index contributed by atoms with van der Waals surface area (Å²) in [5.74, 6) is 0.510. The summed E-state index contributed by atoms with van der Waals surface area (Å²) in [4.78, 5) is 15.7. The minimum atomic E-state index is -0.525. The summed E-state index contributed by atoms with van der Waals surface area (Å²) in [6.45, 7) is 8.60.